The van der Waals surface area contributed by atoms with Gasteiger partial charge in [0, 0.05) is 24.6 Å². The molecule has 39 heavy (non-hydrogen) atoms. The highest BCUT2D eigenvalue weighted by molar-refractivity contribution is 7.45. The normalized spacial score (nSPS) is 20.0. The van der Waals surface area contributed by atoms with Gasteiger partial charge in [-0.2, -0.15) is 0 Å². The van der Waals surface area contributed by atoms with Gasteiger partial charge in [0.15, 0.2) is 0 Å². The van der Waals surface area contributed by atoms with Gasteiger partial charge >= 0.3 is 8.53 Å². The summed E-state index contributed by atoms with van der Waals surface area (Å²) in [4.78, 5) is 0. The van der Waals surface area contributed by atoms with Crippen LogP contribution >= 0.6 is 8.53 Å². The molecule has 1 heterocycles. The molecule has 1 aliphatic heterocycles. The van der Waals surface area contributed by atoms with E-state index in [9.17, 15) is 0 Å². The van der Waals surface area contributed by atoms with Crippen LogP contribution in [-0.4, -0.2) is 17.3 Å². The smallest absolute Gasteiger partial charge is 0.385 e. The molecular formula is C35H40NO2P. The number of hydrogen-bond acceptors (Lipinski definition) is 3. The highest BCUT2D eigenvalue weighted by Crippen LogP contribution is 2.50. The van der Waals surface area contributed by atoms with E-state index < -0.39 is 8.53 Å². The maximum Gasteiger partial charge on any atom is 0.385 e. The van der Waals surface area contributed by atoms with E-state index in [1.807, 2.05) is 6.08 Å². The first-order chi connectivity index (χ1) is 19.1. The quantitative estimate of drug-likeness (QED) is 0.184. The first-order valence-electron chi connectivity index (χ1n) is 14.3. The molecule has 4 heteroatoms. The van der Waals surface area contributed by atoms with Crippen LogP contribution in [0.1, 0.15) is 69.1 Å². The number of rotatable bonds is 5. The molecule has 202 valence electrons. The second-order valence-electron chi connectivity index (χ2n) is 10.6. The fourth-order valence-corrected chi connectivity index (χ4v) is 7.28. The van der Waals surface area contributed by atoms with Gasteiger partial charge in [-0.05, 0) is 60.7 Å². The van der Waals surface area contributed by atoms with Crippen molar-refractivity contribution in [1.29, 1.82) is 0 Å². The van der Waals surface area contributed by atoms with Crippen LogP contribution in [0, 0.1) is 0 Å². The Balaban J connectivity index is 1.62. The molecule has 1 atom stereocenters. The minimum Gasteiger partial charge on any atom is -0.428 e. The molecule has 5 rings (SSSR count). The Bertz CT molecular complexity index is 1380. The van der Waals surface area contributed by atoms with Crippen LogP contribution in [0.5, 0.6) is 5.75 Å². The summed E-state index contributed by atoms with van der Waals surface area (Å²) in [7, 11) is -1.44. The topological polar surface area (TPSA) is 21.7 Å². The molecule has 0 amide bonds. The standard InChI is InChI=1S/C35H40NO2P/c1-4-5-14-27(2)26-36(32-18-8-6-7-9-19-32)39-37-28(3)21-22-29-15-10-11-17-31(29)25-34-33-20-13-12-16-30(33)23-24-35(34)38-39/h4-5,10-17,20-24,32H,3,6-9,18-19,25-26H2,1-2H3/b5-4-,22-21-,27-14+. The van der Waals surface area contributed by atoms with E-state index in [2.05, 4.69) is 110 Å². The average molecular weight is 538 g/mol. The fraction of sp³-hybridized carbons (Fsp3) is 0.314. The van der Waals surface area contributed by atoms with E-state index in [-0.39, 0.29) is 0 Å². The van der Waals surface area contributed by atoms with Crippen molar-refractivity contribution in [3.63, 3.8) is 0 Å². The van der Waals surface area contributed by atoms with Crippen LogP contribution in [0.15, 0.2) is 103 Å². The van der Waals surface area contributed by atoms with Gasteiger partial charge in [-0.25, -0.2) is 4.67 Å². The monoisotopic (exact) mass is 537 g/mol. The zero-order chi connectivity index (χ0) is 27.0. The molecule has 2 aliphatic rings. The Morgan fingerprint density at radius 1 is 0.949 bits per heavy atom. The van der Waals surface area contributed by atoms with Gasteiger partial charge in [-0.1, -0.05) is 117 Å². The van der Waals surface area contributed by atoms with Crippen molar-refractivity contribution in [2.24, 2.45) is 0 Å². The minimum atomic E-state index is -1.44. The van der Waals surface area contributed by atoms with Crippen molar-refractivity contribution in [1.82, 2.24) is 4.67 Å². The molecule has 0 spiro atoms. The number of hydrogen-bond donors (Lipinski definition) is 0. The lowest BCUT2D eigenvalue weighted by molar-refractivity contribution is 0.259. The molecule has 0 radical (unpaired) electrons. The predicted molar refractivity (Wildman–Crippen MR) is 167 cm³/mol. The molecule has 3 aromatic rings. The third kappa shape index (κ3) is 6.90. The molecular weight excluding hydrogens is 497 g/mol. The van der Waals surface area contributed by atoms with Crippen molar-refractivity contribution in [2.75, 3.05) is 6.54 Å². The second-order valence-corrected chi connectivity index (χ2v) is 12.0. The van der Waals surface area contributed by atoms with Gasteiger partial charge < -0.3 is 9.05 Å². The summed E-state index contributed by atoms with van der Waals surface area (Å²) in [6.45, 7) is 9.37. The van der Waals surface area contributed by atoms with E-state index in [1.54, 1.807) is 0 Å². The van der Waals surface area contributed by atoms with E-state index >= 15 is 0 Å². The van der Waals surface area contributed by atoms with Crippen molar-refractivity contribution >= 4 is 25.4 Å². The summed E-state index contributed by atoms with van der Waals surface area (Å²) in [5.41, 5.74) is 4.95. The van der Waals surface area contributed by atoms with Gasteiger partial charge in [0.25, 0.3) is 0 Å². The zero-order valence-corrected chi connectivity index (χ0v) is 24.2. The van der Waals surface area contributed by atoms with Gasteiger partial charge in [-0.15, -0.1) is 0 Å². The van der Waals surface area contributed by atoms with Crippen LogP contribution < -0.4 is 4.52 Å². The van der Waals surface area contributed by atoms with Gasteiger partial charge in [0.1, 0.15) is 11.5 Å². The fourth-order valence-electron chi connectivity index (χ4n) is 5.60. The first kappa shape index (κ1) is 27.4. The van der Waals surface area contributed by atoms with Gasteiger partial charge in [0.05, 0.1) is 0 Å². The first-order valence-corrected chi connectivity index (χ1v) is 15.4. The Hall–Kier alpha value is -3.13. The summed E-state index contributed by atoms with van der Waals surface area (Å²) >= 11 is 0. The number of fused-ring (bicyclic) bond motifs is 4. The van der Waals surface area contributed by atoms with Gasteiger partial charge in [0.2, 0.25) is 0 Å². The van der Waals surface area contributed by atoms with E-state index in [1.165, 1.54) is 71.6 Å². The van der Waals surface area contributed by atoms with Crippen molar-refractivity contribution in [2.45, 2.75) is 64.8 Å². The molecule has 1 aliphatic carbocycles. The van der Waals surface area contributed by atoms with Crippen molar-refractivity contribution in [3.8, 4) is 5.75 Å². The lowest BCUT2D eigenvalue weighted by Gasteiger charge is -2.36. The zero-order valence-electron chi connectivity index (χ0n) is 23.3. The molecule has 1 saturated carbocycles. The van der Waals surface area contributed by atoms with Crippen molar-refractivity contribution in [3.05, 3.63) is 120 Å². The summed E-state index contributed by atoms with van der Waals surface area (Å²) in [5.74, 6) is 1.53. The SMILES string of the molecule is C=C1/C=C\c2ccccc2Cc2c(ccc3ccccc23)OP(N(C/C(C)=C/C=C\C)C2CCCCCC2)O1. The van der Waals surface area contributed by atoms with Crippen LogP contribution in [-0.2, 0) is 10.9 Å². The van der Waals surface area contributed by atoms with Crippen LogP contribution in [0.25, 0.3) is 16.8 Å². The van der Waals surface area contributed by atoms with E-state index in [0.29, 0.717) is 11.8 Å². The molecule has 3 nitrogen and oxygen atoms in total. The third-order valence-corrected chi connectivity index (χ3v) is 9.31. The van der Waals surface area contributed by atoms with Crippen LogP contribution in [0.2, 0.25) is 0 Å². The molecule has 0 bridgehead atoms. The minimum absolute atomic E-state index is 0.413. The summed E-state index contributed by atoms with van der Waals surface area (Å²) in [6.07, 6.45) is 18.8. The Labute approximate surface area is 235 Å². The van der Waals surface area contributed by atoms with E-state index in [4.69, 9.17) is 9.05 Å². The van der Waals surface area contributed by atoms with Crippen molar-refractivity contribution < 1.29 is 9.05 Å². The highest BCUT2D eigenvalue weighted by atomic mass is 31.2. The molecule has 1 unspecified atom stereocenters. The van der Waals surface area contributed by atoms with Crippen LogP contribution in [0.4, 0.5) is 0 Å². The highest BCUT2D eigenvalue weighted by Gasteiger charge is 2.33. The maximum absolute atomic E-state index is 7.01. The third-order valence-electron chi connectivity index (χ3n) is 7.68. The molecule has 0 aromatic heterocycles. The summed E-state index contributed by atoms with van der Waals surface area (Å²) in [6, 6.07) is 21.9. The van der Waals surface area contributed by atoms with Crippen LogP contribution in [0.3, 0.4) is 0 Å². The molecule has 3 aromatic carbocycles. The second kappa shape index (κ2) is 13.3. The maximum atomic E-state index is 7.01. The largest absolute Gasteiger partial charge is 0.428 e. The number of benzene rings is 3. The van der Waals surface area contributed by atoms with E-state index in [0.717, 1.165) is 18.7 Å². The molecule has 1 fully saturated rings. The Morgan fingerprint density at radius 3 is 2.54 bits per heavy atom. The average Bonchev–Trinajstić information content (AvgIpc) is 3.25. The predicted octanol–water partition coefficient (Wildman–Crippen LogP) is 10.1. The summed E-state index contributed by atoms with van der Waals surface area (Å²) < 4.78 is 16.2. The Kier molecular flexibility index (Phi) is 9.35. The Morgan fingerprint density at radius 2 is 1.72 bits per heavy atom. The number of nitrogens with zero attached hydrogens (tertiary/aromatic N) is 1. The molecule has 0 saturated heterocycles. The van der Waals surface area contributed by atoms with Gasteiger partial charge in [-0.3, -0.25) is 0 Å². The summed E-state index contributed by atoms with van der Waals surface area (Å²) in [5, 5.41) is 2.45. The number of allylic oxidation sites excluding steroid dienone is 4. The molecule has 0 N–H and O–H groups in total. The lowest BCUT2D eigenvalue weighted by atomic mass is 9.94. The lowest BCUT2D eigenvalue weighted by Crippen LogP contribution is -2.34.